The minimum absolute atomic E-state index is 0.0852. The summed E-state index contributed by atoms with van der Waals surface area (Å²) >= 11 is 0. The molecule has 1 heterocycles. The van der Waals surface area contributed by atoms with Crippen molar-refractivity contribution in [1.82, 2.24) is 4.90 Å². The fourth-order valence-electron chi connectivity index (χ4n) is 2.99. The normalized spacial score (nSPS) is 13.8. The van der Waals surface area contributed by atoms with Crippen molar-refractivity contribution in [3.8, 4) is 0 Å². The van der Waals surface area contributed by atoms with Crippen LogP contribution in [0.5, 0.6) is 0 Å². The third kappa shape index (κ3) is 4.54. The fraction of sp³-hybridized carbons (Fsp3) is 0.316. The van der Waals surface area contributed by atoms with Gasteiger partial charge >= 0.3 is 6.03 Å². The van der Waals surface area contributed by atoms with Gasteiger partial charge in [0.15, 0.2) is 0 Å². The molecular formula is C19H23N3O3S. The van der Waals surface area contributed by atoms with E-state index < -0.39 is 10.0 Å². The first-order valence-corrected chi connectivity index (χ1v) is 10.4. The third-order valence-electron chi connectivity index (χ3n) is 4.30. The van der Waals surface area contributed by atoms with Crippen LogP contribution in [0.4, 0.5) is 16.2 Å². The zero-order chi connectivity index (χ0) is 18.6. The largest absolute Gasteiger partial charge is 0.322 e. The number of anilines is 2. The lowest BCUT2D eigenvalue weighted by molar-refractivity contribution is 0.206. The SMILES string of the molecule is CCCS(=O)(=O)Nc1ccc(NC(=O)N2CCc3ccccc3C2)cc1. The Balaban J connectivity index is 1.60. The van der Waals surface area contributed by atoms with Crippen LogP contribution in [-0.4, -0.2) is 31.6 Å². The lowest BCUT2D eigenvalue weighted by Gasteiger charge is -2.29. The highest BCUT2D eigenvalue weighted by Gasteiger charge is 2.20. The summed E-state index contributed by atoms with van der Waals surface area (Å²) in [4.78, 5) is 14.3. The first-order valence-electron chi connectivity index (χ1n) is 8.70. The van der Waals surface area contributed by atoms with Crippen LogP contribution in [0.2, 0.25) is 0 Å². The molecule has 0 aromatic heterocycles. The van der Waals surface area contributed by atoms with Gasteiger partial charge < -0.3 is 10.2 Å². The molecule has 138 valence electrons. The molecule has 0 spiro atoms. The fourth-order valence-corrected chi connectivity index (χ4v) is 4.13. The van der Waals surface area contributed by atoms with Gasteiger partial charge in [-0.05, 0) is 48.2 Å². The highest BCUT2D eigenvalue weighted by atomic mass is 32.2. The minimum atomic E-state index is -3.31. The van der Waals surface area contributed by atoms with E-state index in [2.05, 4.69) is 16.1 Å². The molecule has 2 amide bonds. The predicted molar refractivity (Wildman–Crippen MR) is 104 cm³/mol. The van der Waals surface area contributed by atoms with Crippen LogP contribution in [0.15, 0.2) is 48.5 Å². The summed E-state index contributed by atoms with van der Waals surface area (Å²) in [5.41, 5.74) is 3.59. The number of hydrogen-bond acceptors (Lipinski definition) is 3. The van der Waals surface area contributed by atoms with Gasteiger partial charge in [-0.25, -0.2) is 13.2 Å². The molecule has 7 heteroatoms. The zero-order valence-electron chi connectivity index (χ0n) is 14.7. The highest BCUT2D eigenvalue weighted by molar-refractivity contribution is 7.92. The van der Waals surface area contributed by atoms with E-state index in [1.165, 1.54) is 11.1 Å². The molecule has 1 aliphatic heterocycles. The molecule has 26 heavy (non-hydrogen) atoms. The van der Waals surface area contributed by atoms with Crippen molar-refractivity contribution in [2.24, 2.45) is 0 Å². The van der Waals surface area contributed by atoms with Gasteiger partial charge in [0.1, 0.15) is 0 Å². The number of carbonyl (C=O) groups excluding carboxylic acids is 1. The van der Waals surface area contributed by atoms with E-state index in [0.717, 1.165) is 6.42 Å². The second kappa shape index (κ2) is 7.78. The summed E-state index contributed by atoms with van der Waals surface area (Å²) in [7, 11) is -3.31. The first-order chi connectivity index (χ1) is 12.5. The number of urea groups is 1. The van der Waals surface area contributed by atoms with Gasteiger partial charge in [-0.2, -0.15) is 0 Å². The van der Waals surface area contributed by atoms with E-state index in [4.69, 9.17) is 0 Å². The number of nitrogens with one attached hydrogen (secondary N) is 2. The summed E-state index contributed by atoms with van der Waals surface area (Å²) in [5.74, 6) is 0.0852. The van der Waals surface area contributed by atoms with Gasteiger partial charge in [0.05, 0.1) is 5.75 Å². The summed E-state index contributed by atoms with van der Waals surface area (Å²) in [6.45, 7) is 3.09. The van der Waals surface area contributed by atoms with Crippen molar-refractivity contribution in [2.45, 2.75) is 26.3 Å². The second-order valence-electron chi connectivity index (χ2n) is 6.37. The minimum Gasteiger partial charge on any atom is -0.320 e. The third-order valence-corrected chi connectivity index (χ3v) is 5.79. The molecule has 0 unspecified atom stereocenters. The van der Waals surface area contributed by atoms with Gasteiger partial charge in [-0.1, -0.05) is 31.2 Å². The Morgan fingerprint density at radius 1 is 1.04 bits per heavy atom. The van der Waals surface area contributed by atoms with Crippen molar-refractivity contribution >= 4 is 27.4 Å². The standard InChI is InChI=1S/C19H23N3O3S/c1-2-13-26(24,25)21-18-9-7-17(8-10-18)20-19(23)22-12-11-15-5-3-4-6-16(15)14-22/h3-10,21H,2,11-14H2,1H3,(H,20,23). The van der Waals surface area contributed by atoms with Crippen molar-refractivity contribution < 1.29 is 13.2 Å². The van der Waals surface area contributed by atoms with E-state index >= 15 is 0 Å². The van der Waals surface area contributed by atoms with Gasteiger partial charge in [0, 0.05) is 24.5 Å². The van der Waals surface area contributed by atoms with E-state index in [0.29, 0.717) is 30.9 Å². The molecule has 2 N–H and O–H groups in total. The second-order valence-corrected chi connectivity index (χ2v) is 8.21. The Kier molecular flexibility index (Phi) is 5.46. The van der Waals surface area contributed by atoms with Crippen molar-refractivity contribution in [3.05, 3.63) is 59.7 Å². The maximum atomic E-state index is 12.5. The Labute approximate surface area is 154 Å². The van der Waals surface area contributed by atoms with Crippen LogP contribution in [0.25, 0.3) is 0 Å². The number of nitrogens with zero attached hydrogens (tertiary/aromatic N) is 1. The monoisotopic (exact) mass is 373 g/mol. The van der Waals surface area contributed by atoms with Crippen LogP contribution >= 0.6 is 0 Å². The van der Waals surface area contributed by atoms with Crippen LogP contribution in [0, 0.1) is 0 Å². The Bertz CT molecular complexity index is 879. The lowest BCUT2D eigenvalue weighted by Crippen LogP contribution is -2.38. The van der Waals surface area contributed by atoms with Gasteiger partial charge in [-0.3, -0.25) is 4.72 Å². The molecule has 3 rings (SSSR count). The highest BCUT2D eigenvalue weighted by Crippen LogP contribution is 2.20. The van der Waals surface area contributed by atoms with Crippen molar-refractivity contribution in [1.29, 1.82) is 0 Å². The summed E-state index contributed by atoms with van der Waals surface area (Å²) in [6, 6.07) is 14.7. The first kappa shape index (κ1) is 18.3. The molecule has 0 atom stereocenters. The van der Waals surface area contributed by atoms with Gasteiger partial charge in [0.2, 0.25) is 10.0 Å². The maximum Gasteiger partial charge on any atom is 0.322 e. The molecule has 2 aromatic carbocycles. The Morgan fingerprint density at radius 3 is 2.38 bits per heavy atom. The summed E-state index contributed by atoms with van der Waals surface area (Å²) < 4.78 is 26.1. The molecule has 0 bridgehead atoms. The van der Waals surface area contributed by atoms with Crippen LogP contribution in [0.1, 0.15) is 24.5 Å². The maximum absolute atomic E-state index is 12.5. The molecule has 0 radical (unpaired) electrons. The lowest BCUT2D eigenvalue weighted by atomic mass is 10.0. The van der Waals surface area contributed by atoms with E-state index in [1.807, 2.05) is 25.1 Å². The number of rotatable bonds is 5. The molecule has 0 saturated heterocycles. The Morgan fingerprint density at radius 2 is 1.69 bits per heavy atom. The number of benzene rings is 2. The van der Waals surface area contributed by atoms with Crippen LogP contribution in [0.3, 0.4) is 0 Å². The van der Waals surface area contributed by atoms with Gasteiger partial charge in [0.25, 0.3) is 0 Å². The van der Waals surface area contributed by atoms with E-state index in [-0.39, 0.29) is 11.8 Å². The topological polar surface area (TPSA) is 78.5 Å². The van der Waals surface area contributed by atoms with E-state index in [9.17, 15) is 13.2 Å². The molecule has 0 aliphatic carbocycles. The smallest absolute Gasteiger partial charge is 0.320 e. The van der Waals surface area contributed by atoms with E-state index in [1.54, 1.807) is 29.2 Å². The molecule has 1 aliphatic rings. The van der Waals surface area contributed by atoms with Crippen LogP contribution in [-0.2, 0) is 23.0 Å². The molecule has 2 aromatic rings. The predicted octanol–water partition coefficient (Wildman–Crippen LogP) is 3.43. The average Bonchev–Trinajstić information content (AvgIpc) is 2.62. The quantitative estimate of drug-likeness (QED) is 0.843. The van der Waals surface area contributed by atoms with Crippen LogP contribution < -0.4 is 10.0 Å². The molecular weight excluding hydrogens is 350 g/mol. The van der Waals surface area contributed by atoms with Gasteiger partial charge in [-0.15, -0.1) is 0 Å². The molecule has 0 fully saturated rings. The average molecular weight is 373 g/mol. The summed E-state index contributed by atoms with van der Waals surface area (Å²) in [5, 5.41) is 2.87. The Hall–Kier alpha value is -2.54. The number of amides is 2. The van der Waals surface area contributed by atoms with Crippen molar-refractivity contribution in [3.63, 3.8) is 0 Å². The number of hydrogen-bond donors (Lipinski definition) is 2. The molecule has 6 nitrogen and oxygen atoms in total. The molecule has 0 saturated carbocycles. The van der Waals surface area contributed by atoms with Crippen molar-refractivity contribution in [2.75, 3.05) is 22.3 Å². The zero-order valence-corrected chi connectivity index (χ0v) is 15.6. The number of carbonyl (C=O) groups is 1. The number of sulfonamides is 1. The summed E-state index contributed by atoms with van der Waals surface area (Å²) in [6.07, 6.45) is 1.41. The number of fused-ring (bicyclic) bond motifs is 1.